The lowest BCUT2D eigenvalue weighted by molar-refractivity contribution is -0.138. The number of amides is 2. The maximum Gasteiger partial charge on any atom is 0.337 e. The Morgan fingerprint density at radius 3 is 3.06 bits per heavy atom. The van der Waals surface area contributed by atoms with Crippen LogP contribution in [0.5, 0.6) is 0 Å². The van der Waals surface area contributed by atoms with Crippen molar-refractivity contribution in [3.8, 4) is 0 Å². The summed E-state index contributed by atoms with van der Waals surface area (Å²) in [5, 5.41) is 8.13. The van der Waals surface area contributed by atoms with Crippen molar-refractivity contribution in [1.29, 1.82) is 0 Å². The fraction of sp³-hybridized carbons (Fsp3) is 0.500. The first-order chi connectivity index (χ1) is 7.69. The van der Waals surface area contributed by atoms with E-state index >= 15 is 0 Å². The zero-order chi connectivity index (χ0) is 12.0. The second kappa shape index (κ2) is 5.62. The molecule has 0 aromatic heterocycles. The molecule has 2 amide bonds. The smallest absolute Gasteiger partial charge is 0.337 e. The first-order valence-electron chi connectivity index (χ1n) is 4.64. The van der Waals surface area contributed by atoms with Crippen LogP contribution in [0.25, 0.3) is 10.4 Å². The number of hydrogen-bond donors (Lipinski definition) is 2. The summed E-state index contributed by atoms with van der Waals surface area (Å²) in [4.78, 5) is 25.1. The molecular weight excluding hydrogens is 214 g/mol. The summed E-state index contributed by atoms with van der Waals surface area (Å²) >= 11 is 0. The van der Waals surface area contributed by atoms with E-state index in [1.807, 2.05) is 0 Å². The number of esters is 1. The summed E-state index contributed by atoms with van der Waals surface area (Å²) in [6.45, 7) is 1.91. The number of urea groups is 1. The molecule has 0 saturated carbocycles. The van der Waals surface area contributed by atoms with Crippen LogP contribution >= 0.6 is 0 Å². The summed E-state index contributed by atoms with van der Waals surface area (Å²) in [6.07, 6.45) is 0. The summed E-state index contributed by atoms with van der Waals surface area (Å²) in [5.74, 6) is -0.530. The van der Waals surface area contributed by atoms with Gasteiger partial charge < -0.3 is 15.4 Å². The molecule has 8 heteroatoms. The molecule has 1 aliphatic heterocycles. The van der Waals surface area contributed by atoms with Crippen molar-refractivity contribution in [2.24, 2.45) is 5.11 Å². The molecule has 0 aliphatic carbocycles. The first kappa shape index (κ1) is 11.9. The molecule has 16 heavy (non-hydrogen) atoms. The molecule has 1 rings (SSSR count). The minimum Gasteiger partial charge on any atom is -0.463 e. The van der Waals surface area contributed by atoms with E-state index in [2.05, 4.69) is 20.7 Å². The van der Waals surface area contributed by atoms with Gasteiger partial charge in [-0.2, -0.15) is 0 Å². The van der Waals surface area contributed by atoms with E-state index < -0.39 is 12.0 Å². The molecule has 1 heterocycles. The van der Waals surface area contributed by atoms with E-state index in [1.165, 1.54) is 0 Å². The number of hydrogen-bond acceptors (Lipinski definition) is 4. The fourth-order valence-corrected chi connectivity index (χ4v) is 1.18. The normalized spacial score (nSPS) is 14.7. The van der Waals surface area contributed by atoms with Crippen molar-refractivity contribution in [3.05, 3.63) is 21.7 Å². The quantitative estimate of drug-likeness (QED) is 0.312. The minimum absolute atomic E-state index is 0.0704. The van der Waals surface area contributed by atoms with Crippen molar-refractivity contribution < 1.29 is 14.3 Å². The predicted molar refractivity (Wildman–Crippen MR) is 54.2 cm³/mol. The number of carbonyl (C=O) groups excluding carboxylic acids is 2. The van der Waals surface area contributed by atoms with Crippen molar-refractivity contribution in [3.63, 3.8) is 0 Å². The number of carbonyl (C=O) groups is 2. The number of azide groups is 1. The molecule has 86 valence electrons. The molecule has 0 aromatic rings. The minimum atomic E-state index is -0.530. The SMILES string of the molecule is CCOC(=O)C1=C(CN=[N+]=[N-])NC(=O)NC1. The van der Waals surface area contributed by atoms with Gasteiger partial charge >= 0.3 is 12.0 Å². The molecule has 1 aliphatic rings. The van der Waals surface area contributed by atoms with E-state index in [-0.39, 0.29) is 31.0 Å². The molecule has 0 bridgehead atoms. The van der Waals surface area contributed by atoms with E-state index in [9.17, 15) is 9.59 Å². The third-order valence-electron chi connectivity index (χ3n) is 1.87. The molecular formula is C8H11N5O3. The topological polar surface area (TPSA) is 116 Å². The van der Waals surface area contributed by atoms with Crippen LogP contribution in [-0.2, 0) is 9.53 Å². The van der Waals surface area contributed by atoms with Crippen LogP contribution in [0.1, 0.15) is 6.92 Å². The van der Waals surface area contributed by atoms with Crippen LogP contribution in [0, 0.1) is 0 Å². The molecule has 0 fully saturated rings. The van der Waals surface area contributed by atoms with Gasteiger partial charge in [0.1, 0.15) is 0 Å². The molecule has 0 spiro atoms. The highest BCUT2D eigenvalue weighted by Crippen LogP contribution is 2.08. The Bertz CT molecular complexity index is 383. The Kier molecular flexibility index (Phi) is 4.16. The highest BCUT2D eigenvalue weighted by atomic mass is 16.5. The summed E-state index contributed by atoms with van der Waals surface area (Å²) in [7, 11) is 0. The number of nitrogens with zero attached hydrogens (tertiary/aromatic N) is 3. The Labute approximate surface area is 91.3 Å². The van der Waals surface area contributed by atoms with E-state index in [1.54, 1.807) is 6.92 Å². The lowest BCUT2D eigenvalue weighted by atomic mass is 10.1. The molecule has 8 nitrogen and oxygen atoms in total. The standard InChI is InChI=1S/C8H11N5O3/c1-2-16-7(14)5-3-10-8(15)12-6(5)4-11-13-9/h2-4H2,1H3,(H2,10,12,15). The Morgan fingerprint density at radius 1 is 1.69 bits per heavy atom. The Morgan fingerprint density at radius 2 is 2.44 bits per heavy atom. The van der Waals surface area contributed by atoms with E-state index in [0.29, 0.717) is 0 Å². The molecule has 0 saturated heterocycles. The van der Waals surface area contributed by atoms with Gasteiger partial charge in [-0.25, -0.2) is 9.59 Å². The number of nitrogens with one attached hydrogen (secondary N) is 2. The second-order valence-corrected chi connectivity index (χ2v) is 2.87. The summed E-state index contributed by atoms with van der Waals surface area (Å²) in [6, 6.07) is -0.434. The largest absolute Gasteiger partial charge is 0.463 e. The van der Waals surface area contributed by atoms with Crippen molar-refractivity contribution >= 4 is 12.0 Å². The van der Waals surface area contributed by atoms with E-state index in [4.69, 9.17) is 10.3 Å². The van der Waals surface area contributed by atoms with Crippen molar-refractivity contribution in [2.75, 3.05) is 19.7 Å². The Balaban J connectivity index is 2.90. The maximum absolute atomic E-state index is 11.5. The second-order valence-electron chi connectivity index (χ2n) is 2.87. The van der Waals surface area contributed by atoms with Crippen molar-refractivity contribution in [1.82, 2.24) is 10.6 Å². The third kappa shape index (κ3) is 2.89. The zero-order valence-electron chi connectivity index (χ0n) is 8.69. The van der Waals surface area contributed by atoms with Gasteiger partial charge in [0.05, 0.1) is 25.3 Å². The van der Waals surface area contributed by atoms with Gasteiger partial charge in [0.25, 0.3) is 0 Å². The van der Waals surface area contributed by atoms with Crippen LogP contribution in [0.3, 0.4) is 0 Å². The Hall–Kier alpha value is -2.21. The van der Waals surface area contributed by atoms with Crippen LogP contribution in [0.15, 0.2) is 16.4 Å². The fourth-order valence-electron chi connectivity index (χ4n) is 1.18. The average Bonchev–Trinajstić information content (AvgIpc) is 2.26. The van der Waals surface area contributed by atoms with Gasteiger partial charge in [0.2, 0.25) is 0 Å². The number of ether oxygens (including phenoxy) is 1. The molecule has 2 N–H and O–H groups in total. The average molecular weight is 225 g/mol. The van der Waals surface area contributed by atoms with Gasteiger partial charge in [-0.3, -0.25) is 0 Å². The molecule has 0 atom stereocenters. The van der Waals surface area contributed by atoms with Crippen LogP contribution in [0.4, 0.5) is 4.79 Å². The van der Waals surface area contributed by atoms with E-state index in [0.717, 1.165) is 0 Å². The highest BCUT2D eigenvalue weighted by Gasteiger charge is 2.22. The first-order valence-corrected chi connectivity index (χ1v) is 4.64. The predicted octanol–water partition coefficient (Wildman–Crippen LogP) is 0.427. The van der Waals surface area contributed by atoms with Gasteiger partial charge in [-0.15, -0.1) is 0 Å². The van der Waals surface area contributed by atoms with Gasteiger partial charge in [-0.1, -0.05) is 5.11 Å². The highest BCUT2D eigenvalue weighted by molar-refractivity contribution is 5.93. The number of rotatable bonds is 4. The van der Waals surface area contributed by atoms with Crippen LogP contribution in [0.2, 0.25) is 0 Å². The van der Waals surface area contributed by atoms with Crippen LogP contribution < -0.4 is 10.6 Å². The molecule has 0 unspecified atom stereocenters. The van der Waals surface area contributed by atoms with Gasteiger partial charge in [0, 0.05) is 10.6 Å². The third-order valence-corrected chi connectivity index (χ3v) is 1.87. The monoisotopic (exact) mass is 225 g/mol. The van der Waals surface area contributed by atoms with Gasteiger partial charge in [0.15, 0.2) is 0 Å². The molecule has 0 aromatic carbocycles. The zero-order valence-corrected chi connectivity index (χ0v) is 8.69. The lowest BCUT2D eigenvalue weighted by Crippen LogP contribution is -2.44. The summed E-state index contributed by atoms with van der Waals surface area (Å²) in [5.41, 5.74) is 8.73. The maximum atomic E-state index is 11.5. The summed E-state index contributed by atoms with van der Waals surface area (Å²) < 4.78 is 4.80. The molecule has 0 radical (unpaired) electrons. The van der Waals surface area contributed by atoms with Crippen molar-refractivity contribution in [2.45, 2.75) is 6.92 Å². The van der Waals surface area contributed by atoms with Gasteiger partial charge in [-0.05, 0) is 12.5 Å². The lowest BCUT2D eigenvalue weighted by Gasteiger charge is -2.19. The van der Waals surface area contributed by atoms with Crippen LogP contribution in [-0.4, -0.2) is 31.7 Å².